The summed E-state index contributed by atoms with van der Waals surface area (Å²) < 4.78 is 2.40. The molecule has 1 aliphatic heterocycles. The lowest BCUT2D eigenvalue weighted by Crippen LogP contribution is -2.26. The van der Waals surface area contributed by atoms with Gasteiger partial charge in [-0.15, -0.1) is 0 Å². The average Bonchev–Trinajstić information content (AvgIpc) is 2.94. The van der Waals surface area contributed by atoms with Crippen LogP contribution in [0.5, 0.6) is 0 Å². The Hall–Kier alpha value is -2.58. The van der Waals surface area contributed by atoms with Crippen LogP contribution >= 0.6 is 0 Å². The van der Waals surface area contributed by atoms with Crippen LogP contribution in [0.15, 0.2) is 60.7 Å². The first-order valence-electron chi connectivity index (χ1n) is 8.85. The van der Waals surface area contributed by atoms with E-state index in [-0.39, 0.29) is 5.41 Å². The smallest absolute Gasteiger partial charge is 0.0762 e. The van der Waals surface area contributed by atoms with E-state index in [1.807, 2.05) is 13.0 Å². The zero-order valence-electron chi connectivity index (χ0n) is 14.7. The number of aliphatic hydroxyl groups excluding tert-OH is 1. The van der Waals surface area contributed by atoms with Crippen molar-refractivity contribution in [2.24, 2.45) is 0 Å². The highest BCUT2D eigenvalue weighted by molar-refractivity contribution is 6.11. The third-order valence-corrected chi connectivity index (χ3v) is 5.79. The third kappa shape index (κ3) is 1.78. The zero-order valence-corrected chi connectivity index (χ0v) is 14.7. The molecule has 0 amide bonds. The molecule has 2 heteroatoms. The van der Waals surface area contributed by atoms with Crippen LogP contribution in [0.3, 0.4) is 0 Å². The number of benzene rings is 3. The lowest BCUT2D eigenvalue weighted by atomic mass is 9.75. The van der Waals surface area contributed by atoms with Crippen molar-refractivity contribution < 1.29 is 5.11 Å². The summed E-state index contributed by atoms with van der Waals surface area (Å²) >= 11 is 0. The van der Waals surface area contributed by atoms with E-state index in [1.165, 1.54) is 38.6 Å². The number of nitrogens with zero attached hydrogens (tertiary/aromatic N) is 1. The number of aliphatic hydroxyl groups is 1. The molecule has 0 aliphatic carbocycles. The first-order chi connectivity index (χ1) is 12.0. The Bertz CT molecular complexity index is 1150. The van der Waals surface area contributed by atoms with Gasteiger partial charge in [-0.1, -0.05) is 56.3 Å². The summed E-state index contributed by atoms with van der Waals surface area (Å²) in [5.41, 5.74) is 7.40. The molecule has 4 aromatic rings. The van der Waals surface area contributed by atoms with Crippen LogP contribution in [-0.4, -0.2) is 9.67 Å². The van der Waals surface area contributed by atoms with Gasteiger partial charge in [0.2, 0.25) is 0 Å². The van der Waals surface area contributed by atoms with Gasteiger partial charge in [0.05, 0.1) is 22.8 Å². The predicted octanol–water partition coefficient (Wildman–Crippen LogP) is 5.48. The Kier molecular flexibility index (Phi) is 2.79. The summed E-state index contributed by atoms with van der Waals surface area (Å²) in [5, 5.41) is 12.5. The number of hydrogen-bond donors (Lipinski definition) is 1. The highest BCUT2D eigenvalue weighted by atomic mass is 16.3. The third-order valence-electron chi connectivity index (χ3n) is 5.79. The summed E-state index contributed by atoms with van der Waals surface area (Å²) in [6.45, 7) is 6.44. The number of para-hydroxylation sites is 2. The quantitative estimate of drug-likeness (QED) is 0.492. The van der Waals surface area contributed by atoms with Crippen molar-refractivity contribution >= 4 is 21.8 Å². The largest absolute Gasteiger partial charge is 0.389 e. The Labute approximate surface area is 147 Å². The molecule has 1 aliphatic rings. The highest BCUT2D eigenvalue weighted by Crippen LogP contribution is 2.47. The Morgan fingerprint density at radius 1 is 0.880 bits per heavy atom. The normalized spacial score (nSPS) is 16.2. The van der Waals surface area contributed by atoms with Gasteiger partial charge in [-0.2, -0.15) is 0 Å². The van der Waals surface area contributed by atoms with E-state index in [0.717, 1.165) is 5.56 Å². The molecule has 2 nitrogen and oxygen atoms in total. The summed E-state index contributed by atoms with van der Waals surface area (Å²) in [6.07, 6.45) is -0.458. The standard InChI is InChI=1S/C23H21NO/c1-14(25)15-11-12-20-17(13-15)16-7-6-9-19-22(16)24(20)21-10-5-4-8-18(21)23(19,2)3/h4-14,25H,1-3H3. The van der Waals surface area contributed by atoms with Crippen LogP contribution in [-0.2, 0) is 5.41 Å². The molecular formula is C23H21NO. The molecule has 0 spiro atoms. The molecule has 25 heavy (non-hydrogen) atoms. The molecule has 2 heterocycles. The van der Waals surface area contributed by atoms with E-state index in [2.05, 4.69) is 73.0 Å². The van der Waals surface area contributed by atoms with Gasteiger partial charge in [0.25, 0.3) is 0 Å². The van der Waals surface area contributed by atoms with Crippen LogP contribution in [0.25, 0.3) is 27.5 Å². The molecule has 1 aromatic heterocycles. The monoisotopic (exact) mass is 327 g/mol. The van der Waals surface area contributed by atoms with Gasteiger partial charge in [-0.3, -0.25) is 0 Å². The minimum Gasteiger partial charge on any atom is -0.389 e. The fourth-order valence-electron chi connectivity index (χ4n) is 4.44. The molecule has 0 fully saturated rings. The van der Waals surface area contributed by atoms with E-state index in [4.69, 9.17) is 0 Å². The van der Waals surface area contributed by atoms with Gasteiger partial charge >= 0.3 is 0 Å². The summed E-state index contributed by atoms with van der Waals surface area (Å²) in [7, 11) is 0. The van der Waals surface area contributed by atoms with Gasteiger partial charge in [-0.05, 0) is 41.8 Å². The number of fused-ring (bicyclic) bond motifs is 5. The second-order valence-electron chi connectivity index (χ2n) is 7.63. The summed E-state index contributed by atoms with van der Waals surface area (Å²) in [4.78, 5) is 0. The van der Waals surface area contributed by atoms with Crippen molar-refractivity contribution in [3.05, 3.63) is 77.4 Å². The number of hydrogen-bond acceptors (Lipinski definition) is 1. The summed E-state index contributed by atoms with van der Waals surface area (Å²) in [5.74, 6) is 0. The topological polar surface area (TPSA) is 25.2 Å². The minimum atomic E-state index is -0.458. The lowest BCUT2D eigenvalue weighted by Gasteiger charge is -2.34. The van der Waals surface area contributed by atoms with Gasteiger partial charge in [-0.25, -0.2) is 0 Å². The molecular weight excluding hydrogens is 306 g/mol. The predicted molar refractivity (Wildman–Crippen MR) is 104 cm³/mol. The van der Waals surface area contributed by atoms with Crippen molar-refractivity contribution in [3.63, 3.8) is 0 Å². The molecule has 3 aromatic carbocycles. The first kappa shape index (κ1) is 14.7. The number of aromatic nitrogens is 1. The fraction of sp³-hybridized carbons (Fsp3) is 0.217. The van der Waals surface area contributed by atoms with E-state index >= 15 is 0 Å². The lowest BCUT2D eigenvalue weighted by molar-refractivity contribution is 0.199. The van der Waals surface area contributed by atoms with Gasteiger partial charge in [0.1, 0.15) is 0 Å². The van der Waals surface area contributed by atoms with Crippen molar-refractivity contribution in [2.45, 2.75) is 32.3 Å². The zero-order chi connectivity index (χ0) is 17.3. The number of rotatable bonds is 1. The maximum Gasteiger partial charge on any atom is 0.0762 e. The molecule has 124 valence electrons. The van der Waals surface area contributed by atoms with Crippen LogP contribution in [0.1, 0.15) is 43.6 Å². The first-order valence-corrected chi connectivity index (χ1v) is 8.85. The molecule has 1 atom stereocenters. The maximum absolute atomic E-state index is 10.0. The molecule has 0 saturated carbocycles. The molecule has 0 bridgehead atoms. The van der Waals surface area contributed by atoms with Gasteiger partial charge in [0.15, 0.2) is 0 Å². The van der Waals surface area contributed by atoms with E-state index in [0.29, 0.717) is 0 Å². The van der Waals surface area contributed by atoms with Crippen LogP contribution in [0.4, 0.5) is 0 Å². The Morgan fingerprint density at radius 3 is 2.44 bits per heavy atom. The van der Waals surface area contributed by atoms with Crippen molar-refractivity contribution in [2.75, 3.05) is 0 Å². The fourth-order valence-corrected chi connectivity index (χ4v) is 4.44. The van der Waals surface area contributed by atoms with E-state index < -0.39 is 6.10 Å². The molecule has 0 radical (unpaired) electrons. The van der Waals surface area contributed by atoms with Crippen LogP contribution in [0.2, 0.25) is 0 Å². The Morgan fingerprint density at radius 2 is 1.64 bits per heavy atom. The van der Waals surface area contributed by atoms with Crippen molar-refractivity contribution in [1.29, 1.82) is 0 Å². The van der Waals surface area contributed by atoms with Crippen LogP contribution < -0.4 is 0 Å². The van der Waals surface area contributed by atoms with E-state index in [9.17, 15) is 5.11 Å². The van der Waals surface area contributed by atoms with Crippen molar-refractivity contribution in [1.82, 2.24) is 4.57 Å². The van der Waals surface area contributed by atoms with E-state index in [1.54, 1.807) is 0 Å². The minimum absolute atomic E-state index is 0.0341. The Balaban J connectivity index is 2.04. The van der Waals surface area contributed by atoms with Gasteiger partial charge in [0, 0.05) is 16.2 Å². The second kappa shape index (κ2) is 4.74. The molecule has 1 N–H and O–H groups in total. The average molecular weight is 327 g/mol. The SMILES string of the molecule is CC(O)c1ccc2c(c1)c1cccc3c1n2-c1ccccc1C3(C)C. The molecule has 0 saturated heterocycles. The second-order valence-corrected chi connectivity index (χ2v) is 7.63. The highest BCUT2D eigenvalue weighted by Gasteiger charge is 2.34. The molecule has 5 rings (SSSR count). The van der Waals surface area contributed by atoms with Crippen molar-refractivity contribution in [3.8, 4) is 5.69 Å². The molecule has 1 unspecified atom stereocenters. The maximum atomic E-state index is 10.0. The van der Waals surface area contributed by atoms with Crippen LogP contribution in [0, 0.1) is 0 Å². The summed E-state index contributed by atoms with van der Waals surface area (Å²) in [6, 6.07) is 21.6. The van der Waals surface area contributed by atoms with Gasteiger partial charge < -0.3 is 9.67 Å².